The number of nitrogens with zero attached hydrogens (tertiary/aromatic N) is 4. The van der Waals surface area contributed by atoms with E-state index in [0.29, 0.717) is 35.8 Å². The van der Waals surface area contributed by atoms with E-state index in [1.807, 2.05) is 12.1 Å². The Morgan fingerprint density at radius 1 is 1.00 bits per heavy atom. The molecule has 0 bridgehead atoms. The zero-order chi connectivity index (χ0) is 21.5. The van der Waals surface area contributed by atoms with Crippen LogP contribution in [0, 0.1) is 0 Å². The van der Waals surface area contributed by atoms with Gasteiger partial charge in [0, 0.05) is 30.7 Å². The van der Waals surface area contributed by atoms with Crippen molar-refractivity contribution < 1.29 is 4.52 Å². The van der Waals surface area contributed by atoms with Crippen molar-refractivity contribution in [3.05, 3.63) is 70.6 Å². The van der Waals surface area contributed by atoms with Crippen molar-refractivity contribution in [1.82, 2.24) is 25.7 Å². The Morgan fingerprint density at radius 3 is 2.39 bits per heavy atom. The maximum Gasteiger partial charge on any atom is 0.246 e. The van der Waals surface area contributed by atoms with Crippen LogP contribution in [0.4, 0.5) is 0 Å². The molecule has 1 aliphatic heterocycles. The summed E-state index contributed by atoms with van der Waals surface area (Å²) in [5, 5.41) is 11.2. The van der Waals surface area contributed by atoms with E-state index in [1.54, 1.807) is 19.2 Å². The van der Waals surface area contributed by atoms with E-state index < -0.39 is 0 Å². The second-order valence-corrected chi connectivity index (χ2v) is 8.03. The van der Waals surface area contributed by atoms with Crippen molar-refractivity contribution in [2.24, 2.45) is 4.99 Å². The largest absolute Gasteiger partial charge is 0.352 e. The number of benzene rings is 2. The summed E-state index contributed by atoms with van der Waals surface area (Å²) in [5.41, 5.74) is 3.42. The molecule has 0 amide bonds. The maximum atomic E-state index is 5.92. The SMILES string of the molecule is CN=C(NCc1ccc(CN2CCCC2)cc1)NCc1nc(-c2ccc(Cl)cc2)no1. The van der Waals surface area contributed by atoms with Gasteiger partial charge in [0.25, 0.3) is 0 Å². The summed E-state index contributed by atoms with van der Waals surface area (Å²) in [6.45, 7) is 4.54. The Bertz CT molecular complexity index is 994. The van der Waals surface area contributed by atoms with Crippen LogP contribution in [0.1, 0.15) is 29.9 Å². The van der Waals surface area contributed by atoms with Gasteiger partial charge in [0.2, 0.25) is 11.7 Å². The monoisotopic (exact) mass is 438 g/mol. The zero-order valence-corrected chi connectivity index (χ0v) is 18.4. The number of aromatic nitrogens is 2. The van der Waals surface area contributed by atoms with Crippen molar-refractivity contribution >= 4 is 17.6 Å². The first-order chi connectivity index (χ1) is 15.2. The molecule has 1 fully saturated rings. The number of nitrogens with one attached hydrogen (secondary N) is 2. The third-order valence-electron chi connectivity index (χ3n) is 5.29. The lowest BCUT2D eigenvalue weighted by Gasteiger charge is -2.15. The minimum absolute atomic E-state index is 0.384. The molecule has 162 valence electrons. The van der Waals surface area contributed by atoms with E-state index in [9.17, 15) is 0 Å². The molecule has 2 N–H and O–H groups in total. The molecule has 7 nitrogen and oxygen atoms in total. The number of aliphatic imine (C=N–C) groups is 1. The van der Waals surface area contributed by atoms with Crippen LogP contribution in [0.25, 0.3) is 11.4 Å². The maximum absolute atomic E-state index is 5.92. The lowest BCUT2D eigenvalue weighted by atomic mass is 10.1. The first-order valence-electron chi connectivity index (χ1n) is 10.5. The summed E-state index contributed by atoms with van der Waals surface area (Å²) < 4.78 is 5.33. The normalized spacial score (nSPS) is 14.7. The lowest BCUT2D eigenvalue weighted by molar-refractivity contribution is 0.331. The molecule has 2 heterocycles. The highest BCUT2D eigenvalue weighted by Crippen LogP contribution is 2.18. The average Bonchev–Trinajstić information content (AvgIpc) is 3.48. The molecule has 3 aromatic rings. The van der Waals surface area contributed by atoms with Crippen LogP contribution in [0.5, 0.6) is 0 Å². The number of halogens is 1. The third-order valence-corrected chi connectivity index (χ3v) is 5.54. The highest BCUT2D eigenvalue weighted by molar-refractivity contribution is 6.30. The van der Waals surface area contributed by atoms with Gasteiger partial charge in [0.15, 0.2) is 5.96 Å². The van der Waals surface area contributed by atoms with Crippen molar-refractivity contribution in [1.29, 1.82) is 0 Å². The minimum atomic E-state index is 0.384. The standard InChI is InChI=1S/C23H27ClN6O/c1-25-23(26-14-17-4-6-18(7-5-17)16-30-12-2-3-13-30)27-15-21-28-22(29-31-21)19-8-10-20(24)11-9-19/h4-11H,2-3,12-16H2,1H3,(H2,25,26,27). The first kappa shape index (κ1) is 21.3. The summed E-state index contributed by atoms with van der Waals surface area (Å²) >= 11 is 5.92. The molecule has 1 saturated heterocycles. The second kappa shape index (κ2) is 10.4. The van der Waals surface area contributed by atoms with Crippen LogP contribution in [0.15, 0.2) is 58.0 Å². The highest BCUT2D eigenvalue weighted by Gasteiger charge is 2.12. The van der Waals surface area contributed by atoms with Gasteiger partial charge in [-0.15, -0.1) is 0 Å². The molecule has 1 aromatic heterocycles. The number of rotatable bonds is 7. The fourth-order valence-electron chi connectivity index (χ4n) is 3.57. The Balaban J connectivity index is 1.25. The molecule has 4 rings (SSSR count). The average molecular weight is 439 g/mol. The molecule has 31 heavy (non-hydrogen) atoms. The third kappa shape index (κ3) is 6.06. The van der Waals surface area contributed by atoms with Crippen molar-refractivity contribution in [2.75, 3.05) is 20.1 Å². The molecule has 0 unspecified atom stereocenters. The van der Waals surface area contributed by atoms with Gasteiger partial charge in [0.05, 0.1) is 6.54 Å². The smallest absolute Gasteiger partial charge is 0.246 e. The second-order valence-electron chi connectivity index (χ2n) is 7.60. The van der Waals surface area contributed by atoms with Gasteiger partial charge in [-0.1, -0.05) is 41.0 Å². The number of hydrogen-bond acceptors (Lipinski definition) is 5. The summed E-state index contributed by atoms with van der Waals surface area (Å²) in [7, 11) is 1.74. The van der Waals surface area contributed by atoms with Gasteiger partial charge >= 0.3 is 0 Å². The van der Waals surface area contributed by atoms with Crippen LogP contribution < -0.4 is 10.6 Å². The van der Waals surface area contributed by atoms with Crippen LogP contribution in [0.2, 0.25) is 5.02 Å². The van der Waals surface area contributed by atoms with Gasteiger partial charge < -0.3 is 15.2 Å². The fraction of sp³-hybridized carbons (Fsp3) is 0.348. The first-order valence-corrected chi connectivity index (χ1v) is 10.9. The molecule has 0 aliphatic carbocycles. The minimum Gasteiger partial charge on any atom is -0.352 e. The molecule has 2 aromatic carbocycles. The van der Waals surface area contributed by atoms with Crippen molar-refractivity contribution in [3.63, 3.8) is 0 Å². The van der Waals surface area contributed by atoms with Crippen LogP contribution in [-0.4, -0.2) is 41.1 Å². The Hall–Kier alpha value is -2.90. The summed E-state index contributed by atoms with van der Waals surface area (Å²) in [6.07, 6.45) is 2.64. The van der Waals surface area contributed by atoms with Gasteiger partial charge in [-0.25, -0.2) is 0 Å². The molecule has 0 atom stereocenters. The van der Waals surface area contributed by atoms with E-state index in [1.165, 1.54) is 37.1 Å². The van der Waals surface area contributed by atoms with Crippen LogP contribution >= 0.6 is 11.6 Å². The molecular weight excluding hydrogens is 412 g/mol. The van der Waals surface area contributed by atoms with Crippen LogP contribution in [-0.2, 0) is 19.6 Å². The summed E-state index contributed by atoms with van der Waals surface area (Å²) in [5.74, 6) is 1.69. The zero-order valence-electron chi connectivity index (χ0n) is 17.6. The van der Waals surface area contributed by atoms with E-state index in [-0.39, 0.29) is 0 Å². The molecule has 0 saturated carbocycles. The summed E-state index contributed by atoms with van der Waals surface area (Å²) in [6, 6.07) is 16.1. The van der Waals surface area contributed by atoms with E-state index in [0.717, 1.165) is 12.1 Å². The van der Waals surface area contributed by atoms with E-state index >= 15 is 0 Å². The topological polar surface area (TPSA) is 78.6 Å². The van der Waals surface area contributed by atoms with Gasteiger partial charge in [0.1, 0.15) is 0 Å². The Labute approximate surface area is 187 Å². The Kier molecular flexibility index (Phi) is 7.17. The predicted molar refractivity (Wildman–Crippen MR) is 123 cm³/mol. The molecule has 0 spiro atoms. The molecular formula is C23H27ClN6O. The van der Waals surface area contributed by atoms with E-state index in [4.69, 9.17) is 16.1 Å². The van der Waals surface area contributed by atoms with Crippen molar-refractivity contribution in [2.45, 2.75) is 32.5 Å². The quantitative estimate of drug-likeness (QED) is 0.431. The lowest BCUT2D eigenvalue weighted by Crippen LogP contribution is -2.36. The molecule has 8 heteroatoms. The summed E-state index contributed by atoms with van der Waals surface area (Å²) in [4.78, 5) is 11.2. The van der Waals surface area contributed by atoms with Crippen molar-refractivity contribution in [3.8, 4) is 11.4 Å². The Morgan fingerprint density at radius 2 is 1.68 bits per heavy atom. The number of guanidine groups is 1. The van der Waals surface area contributed by atoms with Gasteiger partial charge in [-0.05, 0) is 61.3 Å². The predicted octanol–water partition coefficient (Wildman–Crippen LogP) is 3.85. The van der Waals surface area contributed by atoms with Gasteiger partial charge in [-0.2, -0.15) is 4.98 Å². The fourth-order valence-corrected chi connectivity index (χ4v) is 3.70. The van der Waals surface area contributed by atoms with E-state index in [2.05, 4.69) is 54.9 Å². The number of hydrogen-bond donors (Lipinski definition) is 2. The number of likely N-dealkylation sites (tertiary alicyclic amines) is 1. The molecule has 0 radical (unpaired) electrons. The van der Waals surface area contributed by atoms with Gasteiger partial charge in [-0.3, -0.25) is 9.89 Å². The van der Waals surface area contributed by atoms with Crippen LogP contribution in [0.3, 0.4) is 0 Å². The highest BCUT2D eigenvalue weighted by atomic mass is 35.5. The molecule has 1 aliphatic rings.